The smallest absolute Gasteiger partial charge is 0.189 e. The highest BCUT2D eigenvalue weighted by Gasteiger charge is 2.23. The van der Waals surface area contributed by atoms with Crippen LogP contribution in [-0.2, 0) is 0 Å². The molecule has 1 aromatic carbocycles. The van der Waals surface area contributed by atoms with Crippen molar-refractivity contribution in [1.29, 1.82) is 5.26 Å². The Bertz CT molecular complexity index is 845. The molecular formula is C20H24N4O2S. The number of nitriles is 1. The summed E-state index contributed by atoms with van der Waals surface area (Å²) in [7, 11) is 1.62. The quantitative estimate of drug-likeness (QED) is 0.525. The summed E-state index contributed by atoms with van der Waals surface area (Å²) >= 11 is 1.48. The van der Waals surface area contributed by atoms with Crippen molar-refractivity contribution in [3.63, 3.8) is 0 Å². The van der Waals surface area contributed by atoms with Crippen LogP contribution in [0.5, 0.6) is 11.5 Å². The number of benzene rings is 1. The Morgan fingerprint density at radius 2 is 2.00 bits per heavy atom. The summed E-state index contributed by atoms with van der Waals surface area (Å²) in [6, 6.07) is 8.01. The molecule has 6 nitrogen and oxygen atoms in total. The van der Waals surface area contributed by atoms with E-state index >= 15 is 0 Å². The van der Waals surface area contributed by atoms with Gasteiger partial charge >= 0.3 is 0 Å². The summed E-state index contributed by atoms with van der Waals surface area (Å²) in [4.78, 5) is 11.4. The fourth-order valence-corrected chi connectivity index (χ4v) is 3.50. The monoisotopic (exact) mass is 384 g/mol. The summed E-state index contributed by atoms with van der Waals surface area (Å²) in [5.41, 5.74) is 1.98. The average Bonchev–Trinajstić information content (AvgIpc) is 3.25. The lowest BCUT2D eigenvalue weighted by molar-refractivity contribution is 0.294. The molecule has 0 atom stereocenters. The number of nitrogens with zero attached hydrogens (tertiary/aromatic N) is 4. The van der Waals surface area contributed by atoms with Crippen LogP contribution < -0.4 is 14.4 Å². The zero-order valence-electron chi connectivity index (χ0n) is 16.0. The topological polar surface area (TPSA) is 71.3 Å². The molecule has 3 rings (SSSR count). The maximum Gasteiger partial charge on any atom is 0.189 e. The summed E-state index contributed by atoms with van der Waals surface area (Å²) in [5.74, 6) is 2.06. The van der Waals surface area contributed by atoms with Crippen molar-refractivity contribution in [1.82, 2.24) is 9.97 Å². The Morgan fingerprint density at radius 3 is 2.63 bits per heavy atom. The van der Waals surface area contributed by atoms with Crippen LogP contribution in [0.4, 0.5) is 5.82 Å². The predicted octanol–water partition coefficient (Wildman–Crippen LogP) is 4.13. The van der Waals surface area contributed by atoms with Gasteiger partial charge in [0.2, 0.25) is 0 Å². The average molecular weight is 385 g/mol. The van der Waals surface area contributed by atoms with Gasteiger partial charge in [-0.3, -0.25) is 0 Å². The number of aromatic nitrogens is 2. The van der Waals surface area contributed by atoms with Gasteiger partial charge in [-0.05, 0) is 43.7 Å². The van der Waals surface area contributed by atoms with Gasteiger partial charge in [0.15, 0.2) is 22.5 Å². The minimum atomic E-state index is 0.513. The lowest BCUT2D eigenvalue weighted by Crippen LogP contribution is -2.21. The Labute approximate surface area is 164 Å². The van der Waals surface area contributed by atoms with Crippen LogP contribution in [-0.4, -0.2) is 43.0 Å². The molecule has 27 heavy (non-hydrogen) atoms. The van der Waals surface area contributed by atoms with E-state index < -0.39 is 0 Å². The van der Waals surface area contributed by atoms with Crippen LogP contribution in [0, 0.1) is 11.3 Å². The molecule has 1 saturated heterocycles. The van der Waals surface area contributed by atoms with Gasteiger partial charge in [-0.2, -0.15) is 5.26 Å². The van der Waals surface area contributed by atoms with Crippen LogP contribution >= 0.6 is 11.8 Å². The zero-order chi connectivity index (χ0) is 19.2. The molecule has 7 heteroatoms. The van der Waals surface area contributed by atoms with Gasteiger partial charge < -0.3 is 14.4 Å². The first-order chi connectivity index (χ1) is 13.2. The van der Waals surface area contributed by atoms with Crippen molar-refractivity contribution in [2.24, 2.45) is 0 Å². The highest BCUT2D eigenvalue weighted by Crippen LogP contribution is 2.36. The molecule has 1 aromatic heterocycles. The number of methoxy groups -OCH3 is 1. The van der Waals surface area contributed by atoms with E-state index in [9.17, 15) is 5.26 Å². The molecule has 0 aliphatic carbocycles. The maximum absolute atomic E-state index is 9.86. The number of hydrogen-bond acceptors (Lipinski definition) is 7. The highest BCUT2D eigenvalue weighted by molar-refractivity contribution is 7.98. The van der Waals surface area contributed by atoms with Crippen LogP contribution in [0.3, 0.4) is 0 Å². The third kappa shape index (κ3) is 4.11. The van der Waals surface area contributed by atoms with E-state index in [0.29, 0.717) is 34.5 Å². The largest absolute Gasteiger partial charge is 0.493 e. The molecule has 1 aliphatic heterocycles. The second-order valence-electron chi connectivity index (χ2n) is 6.28. The molecule has 0 amide bonds. The van der Waals surface area contributed by atoms with E-state index in [2.05, 4.69) is 27.9 Å². The van der Waals surface area contributed by atoms with E-state index in [-0.39, 0.29) is 0 Å². The van der Waals surface area contributed by atoms with E-state index in [0.717, 1.165) is 43.7 Å². The molecule has 0 radical (unpaired) electrons. The van der Waals surface area contributed by atoms with E-state index in [1.54, 1.807) is 7.11 Å². The van der Waals surface area contributed by atoms with Gasteiger partial charge in [0, 0.05) is 18.7 Å². The predicted molar refractivity (Wildman–Crippen MR) is 108 cm³/mol. The minimum absolute atomic E-state index is 0.513. The van der Waals surface area contributed by atoms with E-state index in [1.165, 1.54) is 11.8 Å². The molecule has 0 N–H and O–H groups in total. The minimum Gasteiger partial charge on any atom is -0.493 e. The van der Waals surface area contributed by atoms with Crippen LogP contribution in [0.2, 0.25) is 0 Å². The first kappa shape index (κ1) is 19.3. The molecule has 0 unspecified atom stereocenters. The van der Waals surface area contributed by atoms with Gasteiger partial charge in [-0.1, -0.05) is 18.7 Å². The standard InChI is InChI=1S/C20H24N4O2S/c1-4-11-26-16-8-7-14(12-17(16)25-2)18-15(13-21)19(23-20(22-18)27-3)24-9-5-6-10-24/h7-8,12H,4-6,9-11H2,1-3H3. The molecule has 0 saturated carbocycles. The molecule has 0 spiro atoms. The summed E-state index contributed by atoms with van der Waals surface area (Å²) < 4.78 is 11.2. The molecule has 1 aliphatic rings. The number of rotatable bonds is 7. The van der Waals surface area contributed by atoms with Gasteiger partial charge in [0.05, 0.1) is 19.4 Å². The SMILES string of the molecule is CCCOc1ccc(-c2nc(SC)nc(N3CCCC3)c2C#N)cc1OC. The Morgan fingerprint density at radius 1 is 1.22 bits per heavy atom. The van der Waals surface area contributed by atoms with Crippen molar-refractivity contribution in [2.45, 2.75) is 31.3 Å². The summed E-state index contributed by atoms with van der Waals surface area (Å²) in [6.45, 7) is 4.53. The highest BCUT2D eigenvalue weighted by atomic mass is 32.2. The van der Waals surface area contributed by atoms with Gasteiger partial charge in [-0.15, -0.1) is 0 Å². The Hall–Kier alpha value is -2.46. The lowest BCUT2D eigenvalue weighted by atomic mass is 10.1. The van der Waals surface area contributed by atoms with Gasteiger partial charge in [-0.25, -0.2) is 9.97 Å². The molecule has 142 valence electrons. The number of hydrogen-bond donors (Lipinski definition) is 0. The fourth-order valence-electron chi connectivity index (χ4n) is 3.14. The van der Waals surface area contributed by atoms with E-state index in [4.69, 9.17) is 9.47 Å². The van der Waals surface area contributed by atoms with Crippen molar-refractivity contribution in [2.75, 3.05) is 38.0 Å². The van der Waals surface area contributed by atoms with Crippen LogP contribution in [0.15, 0.2) is 23.4 Å². The lowest BCUT2D eigenvalue weighted by Gasteiger charge is -2.20. The van der Waals surface area contributed by atoms with Crippen molar-refractivity contribution in [3.05, 3.63) is 23.8 Å². The van der Waals surface area contributed by atoms with Crippen molar-refractivity contribution in [3.8, 4) is 28.8 Å². The number of thioether (sulfide) groups is 1. The number of ether oxygens (including phenoxy) is 2. The number of anilines is 1. The normalized spacial score (nSPS) is 13.5. The molecule has 2 aromatic rings. The van der Waals surface area contributed by atoms with Crippen molar-refractivity contribution >= 4 is 17.6 Å². The molecule has 0 bridgehead atoms. The maximum atomic E-state index is 9.86. The molecular weight excluding hydrogens is 360 g/mol. The third-order valence-electron chi connectivity index (χ3n) is 4.47. The third-order valence-corrected chi connectivity index (χ3v) is 5.02. The van der Waals surface area contributed by atoms with Crippen LogP contribution in [0.1, 0.15) is 31.7 Å². The van der Waals surface area contributed by atoms with Gasteiger partial charge in [0.1, 0.15) is 11.6 Å². The fraction of sp³-hybridized carbons (Fsp3) is 0.450. The second kappa shape index (κ2) is 8.96. The van der Waals surface area contributed by atoms with E-state index in [1.807, 2.05) is 24.5 Å². The Kier molecular flexibility index (Phi) is 6.40. The Balaban J connectivity index is 2.10. The van der Waals surface area contributed by atoms with Crippen LogP contribution in [0.25, 0.3) is 11.3 Å². The second-order valence-corrected chi connectivity index (χ2v) is 7.05. The first-order valence-corrected chi connectivity index (χ1v) is 10.4. The van der Waals surface area contributed by atoms with Crippen molar-refractivity contribution < 1.29 is 9.47 Å². The van der Waals surface area contributed by atoms with Gasteiger partial charge in [0.25, 0.3) is 0 Å². The first-order valence-electron chi connectivity index (χ1n) is 9.14. The summed E-state index contributed by atoms with van der Waals surface area (Å²) in [6.07, 6.45) is 5.11. The molecule has 1 fully saturated rings. The zero-order valence-corrected chi connectivity index (χ0v) is 16.8. The molecule has 2 heterocycles. The summed E-state index contributed by atoms with van der Waals surface area (Å²) in [5, 5.41) is 10.5.